The van der Waals surface area contributed by atoms with Crippen LogP contribution in [0.2, 0.25) is 0 Å². The number of halogens is 1. The minimum atomic E-state index is -1.04. The van der Waals surface area contributed by atoms with Gasteiger partial charge in [-0.25, -0.2) is 9.18 Å². The van der Waals surface area contributed by atoms with Crippen molar-refractivity contribution >= 4 is 11.9 Å². The second-order valence-electron chi connectivity index (χ2n) is 10.6. The molecule has 1 N–H and O–H groups in total. The molecule has 0 spiro atoms. The molecule has 6 rings (SSSR count). The van der Waals surface area contributed by atoms with Gasteiger partial charge < -0.3 is 14.7 Å². The van der Waals surface area contributed by atoms with Crippen LogP contribution in [0.1, 0.15) is 64.7 Å². The Balaban J connectivity index is 1.20. The van der Waals surface area contributed by atoms with E-state index in [0.717, 1.165) is 18.4 Å². The first kappa shape index (κ1) is 24.6. The van der Waals surface area contributed by atoms with Crippen LogP contribution in [0.15, 0.2) is 72.8 Å². The van der Waals surface area contributed by atoms with Crippen molar-refractivity contribution in [2.24, 2.45) is 0 Å². The topological polar surface area (TPSA) is 70.1 Å². The number of hydrogen-bond acceptors (Lipinski definition) is 4. The highest BCUT2D eigenvalue weighted by atomic mass is 19.1. The number of nitrogens with zero attached hydrogens (tertiary/aromatic N) is 2. The molecule has 0 bridgehead atoms. The van der Waals surface area contributed by atoms with Gasteiger partial charge >= 0.3 is 5.97 Å². The number of carbonyl (C=O) groups is 2. The minimum Gasteiger partial charge on any atom is -0.487 e. The van der Waals surface area contributed by atoms with Crippen molar-refractivity contribution in [3.8, 4) is 5.75 Å². The van der Waals surface area contributed by atoms with E-state index in [9.17, 15) is 14.7 Å². The van der Waals surface area contributed by atoms with Gasteiger partial charge in [-0.1, -0.05) is 60.7 Å². The highest BCUT2D eigenvalue weighted by Gasteiger charge is 2.39. The van der Waals surface area contributed by atoms with E-state index in [1.807, 2.05) is 36.4 Å². The quantitative estimate of drug-likeness (QED) is 0.445. The molecule has 38 heavy (non-hydrogen) atoms. The highest BCUT2D eigenvalue weighted by Crippen LogP contribution is 2.46. The van der Waals surface area contributed by atoms with Crippen molar-refractivity contribution in [3.05, 3.63) is 101 Å². The van der Waals surface area contributed by atoms with Gasteiger partial charge in [0.2, 0.25) is 0 Å². The fourth-order valence-electron chi connectivity index (χ4n) is 5.79. The number of amides is 1. The molecule has 2 saturated heterocycles. The van der Waals surface area contributed by atoms with Crippen molar-refractivity contribution in [1.82, 2.24) is 9.80 Å². The third kappa shape index (κ3) is 4.78. The molecule has 6 nitrogen and oxygen atoms in total. The van der Waals surface area contributed by atoms with Gasteiger partial charge in [0.15, 0.2) is 0 Å². The monoisotopic (exact) mass is 514 g/mol. The molecule has 1 aliphatic carbocycles. The Morgan fingerprint density at radius 2 is 1.55 bits per heavy atom. The molecule has 0 unspecified atom stereocenters. The Morgan fingerprint density at radius 3 is 2.13 bits per heavy atom. The summed E-state index contributed by atoms with van der Waals surface area (Å²) in [6.45, 7) is 1.73. The van der Waals surface area contributed by atoms with Crippen LogP contribution in [0.25, 0.3) is 0 Å². The first-order valence-corrected chi connectivity index (χ1v) is 13.4. The summed E-state index contributed by atoms with van der Waals surface area (Å²) >= 11 is 0. The minimum absolute atomic E-state index is 0.0594. The van der Waals surface area contributed by atoms with Crippen LogP contribution in [-0.2, 0) is 4.79 Å². The molecule has 0 radical (unpaired) electrons. The molecule has 2 heterocycles. The predicted molar refractivity (Wildman–Crippen MR) is 141 cm³/mol. The maximum absolute atomic E-state index is 15.3. The second-order valence-corrected chi connectivity index (χ2v) is 10.6. The Bertz CT molecular complexity index is 1280. The fourth-order valence-corrected chi connectivity index (χ4v) is 5.79. The number of carboxylic acid groups (broad SMARTS) is 1. The van der Waals surface area contributed by atoms with E-state index in [1.54, 1.807) is 6.07 Å². The lowest BCUT2D eigenvalue weighted by atomic mass is 9.93. The predicted octanol–water partition coefficient (Wildman–Crippen LogP) is 5.24. The zero-order chi connectivity index (χ0) is 26.2. The molecule has 3 aromatic rings. The Hall–Kier alpha value is -3.71. The molecule has 3 fully saturated rings. The summed E-state index contributed by atoms with van der Waals surface area (Å²) in [4.78, 5) is 28.4. The van der Waals surface area contributed by atoms with E-state index in [-0.39, 0.29) is 23.6 Å². The van der Waals surface area contributed by atoms with Gasteiger partial charge in [-0.05, 0) is 54.4 Å². The Kier molecular flexibility index (Phi) is 6.62. The average molecular weight is 515 g/mol. The van der Waals surface area contributed by atoms with Crippen molar-refractivity contribution in [2.75, 3.05) is 19.6 Å². The zero-order valence-corrected chi connectivity index (χ0v) is 21.1. The van der Waals surface area contributed by atoms with E-state index >= 15 is 4.39 Å². The maximum Gasteiger partial charge on any atom is 0.326 e. The van der Waals surface area contributed by atoms with Gasteiger partial charge in [0, 0.05) is 25.7 Å². The number of rotatable bonds is 8. The SMILES string of the molecule is O=C(O)[C@@H]1CCCN1C(=O)c1cc(C2CC2)c(OC2CN(C(c3ccccc3)c3ccccc3)C2)cc1F. The summed E-state index contributed by atoms with van der Waals surface area (Å²) in [5.74, 6) is -1.52. The van der Waals surface area contributed by atoms with Crippen molar-refractivity contribution < 1.29 is 23.8 Å². The molecule has 196 valence electrons. The summed E-state index contributed by atoms with van der Waals surface area (Å²) in [7, 11) is 0. The lowest BCUT2D eigenvalue weighted by Crippen LogP contribution is -2.55. The van der Waals surface area contributed by atoms with Gasteiger partial charge in [0.05, 0.1) is 11.6 Å². The maximum atomic E-state index is 15.3. The molecular weight excluding hydrogens is 483 g/mol. The molecule has 3 aromatic carbocycles. The highest BCUT2D eigenvalue weighted by molar-refractivity contribution is 5.97. The lowest BCUT2D eigenvalue weighted by Gasteiger charge is -2.44. The average Bonchev–Trinajstić information content (AvgIpc) is 3.62. The molecule has 0 aromatic heterocycles. The van der Waals surface area contributed by atoms with Gasteiger partial charge in [-0.3, -0.25) is 9.69 Å². The number of benzene rings is 3. The summed E-state index contributed by atoms with van der Waals surface area (Å²) in [5, 5.41) is 9.47. The Labute approximate surface area is 221 Å². The number of aliphatic carboxylic acids is 1. The number of carbonyl (C=O) groups excluding carboxylic acids is 1. The molecule has 2 aliphatic heterocycles. The van der Waals surface area contributed by atoms with E-state index in [4.69, 9.17) is 4.74 Å². The molecule has 1 saturated carbocycles. The van der Waals surface area contributed by atoms with Crippen LogP contribution in [0.5, 0.6) is 5.75 Å². The molecule has 1 atom stereocenters. The second kappa shape index (κ2) is 10.2. The summed E-state index contributed by atoms with van der Waals surface area (Å²) < 4.78 is 21.6. The number of hydrogen-bond donors (Lipinski definition) is 1. The van der Waals surface area contributed by atoms with Gasteiger partial charge in [0.25, 0.3) is 5.91 Å². The van der Waals surface area contributed by atoms with Crippen LogP contribution >= 0.6 is 0 Å². The molecule has 1 amide bonds. The van der Waals surface area contributed by atoms with Crippen LogP contribution in [-0.4, -0.2) is 58.6 Å². The molecular formula is C31H31FN2O4. The number of likely N-dealkylation sites (tertiary alicyclic amines) is 2. The summed E-state index contributed by atoms with van der Waals surface area (Å²) in [6, 6.07) is 22.9. The van der Waals surface area contributed by atoms with Crippen molar-refractivity contribution in [3.63, 3.8) is 0 Å². The zero-order valence-electron chi connectivity index (χ0n) is 21.1. The summed E-state index contributed by atoms with van der Waals surface area (Å²) in [6.07, 6.45) is 2.85. The Morgan fingerprint density at radius 1 is 0.921 bits per heavy atom. The number of ether oxygens (including phenoxy) is 1. The van der Waals surface area contributed by atoms with Crippen LogP contribution in [0.3, 0.4) is 0 Å². The van der Waals surface area contributed by atoms with Gasteiger partial charge in [0.1, 0.15) is 23.7 Å². The largest absolute Gasteiger partial charge is 0.487 e. The van der Waals surface area contributed by atoms with Crippen molar-refractivity contribution in [1.29, 1.82) is 0 Å². The first-order valence-electron chi connectivity index (χ1n) is 13.4. The van der Waals surface area contributed by atoms with Crippen molar-refractivity contribution in [2.45, 2.75) is 49.8 Å². The fraction of sp³-hybridized carbons (Fsp3) is 0.355. The van der Waals surface area contributed by atoms with Crippen LogP contribution in [0, 0.1) is 5.82 Å². The molecule has 3 aliphatic rings. The molecule has 7 heteroatoms. The normalized spacial score (nSPS) is 19.9. The van der Waals surface area contributed by atoms with Gasteiger partial charge in [-0.2, -0.15) is 0 Å². The third-order valence-corrected chi connectivity index (χ3v) is 7.91. The lowest BCUT2D eigenvalue weighted by molar-refractivity contribution is -0.141. The third-order valence-electron chi connectivity index (χ3n) is 7.91. The van der Waals surface area contributed by atoms with Crippen LogP contribution < -0.4 is 4.74 Å². The standard InChI is InChI=1S/C31H31FN2O4/c32-26-17-28(24(20-13-14-20)16-25(26)30(35)34-15-7-12-27(34)31(36)37)38-23-18-33(19-23)29(21-8-3-1-4-9-21)22-10-5-2-6-11-22/h1-6,8-11,16-17,20,23,27,29H,7,12-15,18-19H2,(H,36,37)/t27-/m0/s1. The van der Waals surface area contributed by atoms with E-state index in [2.05, 4.69) is 29.2 Å². The van der Waals surface area contributed by atoms with Crippen LogP contribution in [0.4, 0.5) is 4.39 Å². The smallest absolute Gasteiger partial charge is 0.326 e. The summed E-state index contributed by atoms with van der Waals surface area (Å²) in [5.41, 5.74) is 3.22. The van der Waals surface area contributed by atoms with E-state index in [1.165, 1.54) is 22.1 Å². The number of carboxylic acids is 1. The van der Waals surface area contributed by atoms with Gasteiger partial charge in [-0.15, -0.1) is 0 Å². The van der Waals surface area contributed by atoms with E-state index in [0.29, 0.717) is 38.2 Å². The first-order chi connectivity index (χ1) is 18.5. The van der Waals surface area contributed by atoms with E-state index < -0.39 is 23.7 Å².